The number of hydrogen-bond acceptors (Lipinski definition) is 5. The number of carbonyl (C=O) groups is 3. The van der Waals surface area contributed by atoms with Crippen LogP contribution in [0.3, 0.4) is 0 Å². The Bertz CT molecular complexity index is 921. The first-order chi connectivity index (χ1) is 14.6. The molecule has 0 saturated carbocycles. The molecule has 1 aromatic carbocycles. The maximum Gasteiger partial charge on any atom is 0.325 e. The van der Waals surface area contributed by atoms with Gasteiger partial charge in [-0.1, -0.05) is 46.6 Å². The van der Waals surface area contributed by atoms with E-state index >= 15 is 0 Å². The van der Waals surface area contributed by atoms with Crippen molar-refractivity contribution < 1.29 is 22.8 Å². The molecule has 1 saturated heterocycles. The molecule has 1 heterocycles. The van der Waals surface area contributed by atoms with Crippen molar-refractivity contribution in [2.75, 3.05) is 25.0 Å². The first-order valence-corrected chi connectivity index (χ1v) is 12.1. The van der Waals surface area contributed by atoms with E-state index in [2.05, 4.69) is 10.6 Å². The summed E-state index contributed by atoms with van der Waals surface area (Å²) in [5.74, 6) is -0.973. The van der Waals surface area contributed by atoms with E-state index in [1.165, 1.54) is 22.5 Å². The molecule has 4 amide bonds. The van der Waals surface area contributed by atoms with Gasteiger partial charge in [-0.3, -0.25) is 14.5 Å². The highest BCUT2D eigenvalue weighted by molar-refractivity contribution is 7.89. The molecule has 0 unspecified atom stereocenters. The lowest BCUT2D eigenvalue weighted by atomic mass is 9.88. The van der Waals surface area contributed by atoms with E-state index in [0.29, 0.717) is 25.9 Å². The second-order valence-corrected chi connectivity index (χ2v) is 9.51. The van der Waals surface area contributed by atoms with E-state index in [1.807, 2.05) is 13.8 Å². The Labute approximate surface area is 184 Å². The third-order valence-electron chi connectivity index (χ3n) is 5.36. The molecule has 1 aromatic rings. The van der Waals surface area contributed by atoms with Crippen LogP contribution in [-0.2, 0) is 19.6 Å². The summed E-state index contributed by atoms with van der Waals surface area (Å²) in [6, 6.07) is 5.34. The van der Waals surface area contributed by atoms with Gasteiger partial charge in [0, 0.05) is 18.8 Å². The summed E-state index contributed by atoms with van der Waals surface area (Å²) in [6.45, 7) is 7.60. The van der Waals surface area contributed by atoms with Crippen molar-refractivity contribution >= 4 is 33.6 Å². The van der Waals surface area contributed by atoms with Crippen LogP contribution in [0.25, 0.3) is 0 Å². The summed E-state index contributed by atoms with van der Waals surface area (Å²) in [4.78, 5) is 38.8. The molecule has 10 heteroatoms. The summed E-state index contributed by atoms with van der Waals surface area (Å²) < 4.78 is 26.7. The summed E-state index contributed by atoms with van der Waals surface area (Å²) in [6.07, 6.45) is 2.46. The molecule has 0 radical (unpaired) electrons. The van der Waals surface area contributed by atoms with Gasteiger partial charge >= 0.3 is 6.03 Å². The van der Waals surface area contributed by atoms with Crippen LogP contribution in [0.15, 0.2) is 29.2 Å². The number of carbonyl (C=O) groups excluding carboxylic acids is 3. The zero-order valence-electron chi connectivity index (χ0n) is 18.6. The van der Waals surface area contributed by atoms with Crippen LogP contribution in [0.4, 0.5) is 10.5 Å². The number of hydrogen-bond donors (Lipinski definition) is 2. The predicted octanol–water partition coefficient (Wildman–Crippen LogP) is 2.55. The first kappa shape index (κ1) is 24.8. The van der Waals surface area contributed by atoms with Gasteiger partial charge in [0.15, 0.2) is 0 Å². The third-order valence-corrected chi connectivity index (χ3v) is 7.41. The molecule has 1 fully saturated rings. The van der Waals surface area contributed by atoms with Gasteiger partial charge in [0.2, 0.25) is 15.9 Å². The van der Waals surface area contributed by atoms with E-state index in [4.69, 9.17) is 0 Å². The number of anilines is 1. The van der Waals surface area contributed by atoms with Gasteiger partial charge in [0.25, 0.3) is 5.91 Å². The highest BCUT2D eigenvalue weighted by Crippen LogP contribution is 2.28. The molecule has 2 rings (SSSR count). The van der Waals surface area contributed by atoms with Crippen LogP contribution in [-0.4, -0.2) is 60.6 Å². The largest absolute Gasteiger partial charge is 0.325 e. The Morgan fingerprint density at radius 2 is 1.71 bits per heavy atom. The fraction of sp³-hybridized carbons (Fsp3) is 0.571. The summed E-state index contributed by atoms with van der Waals surface area (Å²) in [7, 11) is -3.67. The van der Waals surface area contributed by atoms with E-state index in [9.17, 15) is 22.8 Å². The number of sulfonamides is 1. The average molecular weight is 453 g/mol. The monoisotopic (exact) mass is 452 g/mol. The van der Waals surface area contributed by atoms with Crippen LogP contribution < -0.4 is 10.6 Å². The molecule has 0 atom stereocenters. The van der Waals surface area contributed by atoms with Crippen molar-refractivity contribution in [3.63, 3.8) is 0 Å². The van der Waals surface area contributed by atoms with Crippen molar-refractivity contribution in [2.24, 2.45) is 0 Å². The highest BCUT2D eigenvalue weighted by Gasteiger charge is 2.50. The lowest BCUT2D eigenvalue weighted by Crippen LogP contribution is -2.47. The molecule has 0 aliphatic carbocycles. The Balaban J connectivity index is 2.15. The van der Waals surface area contributed by atoms with Gasteiger partial charge in [0.1, 0.15) is 12.1 Å². The van der Waals surface area contributed by atoms with Crippen LogP contribution in [0, 0.1) is 0 Å². The van der Waals surface area contributed by atoms with Crippen LogP contribution >= 0.6 is 0 Å². The van der Waals surface area contributed by atoms with Gasteiger partial charge in [0.05, 0.1) is 4.90 Å². The first-order valence-electron chi connectivity index (χ1n) is 10.7. The molecule has 31 heavy (non-hydrogen) atoms. The number of rotatable bonds is 11. The van der Waals surface area contributed by atoms with Crippen LogP contribution in [0.5, 0.6) is 0 Å². The molecular formula is C21H32N4O5S. The van der Waals surface area contributed by atoms with Gasteiger partial charge < -0.3 is 10.6 Å². The number of nitrogens with one attached hydrogen (secondary N) is 2. The van der Waals surface area contributed by atoms with Gasteiger partial charge in [-0.25, -0.2) is 13.2 Å². The van der Waals surface area contributed by atoms with Gasteiger partial charge in [-0.2, -0.15) is 4.31 Å². The van der Waals surface area contributed by atoms with Gasteiger partial charge in [-0.15, -0.1) is 0 Å². The maximum atomic E-state index is 12.9. The standard InChI is InChI=1S/C21H32N4O5S/c1-5-12-21(13-6-2)19(27)25(20(28)23-21)15-18(26)22-16-10-9-11-17(14-16)31(29,30)24(7-3)8-4/h9-11,14H,5-8,12-13,15H2,1-4H3,(H,22,26)(H,23,28). The van der Waals surface area contributed by atoms with E-state index in [1.54, 1.807) is 19.9 Å². The number of imide groups is 1. The molecule has 1 aliphatic heterocycles. The number of nitrogens with zero attached hydrogens (tertiary/aromatic N) is 2. The quantitative estimate of drug-likeness (QED) is 0.501. The minimum absolute atomic E-state index is 0.0638. The minimum atomic E-state index is -3.67. The Hall–Kier alpha value is -2.46. The fourth-order valence-corrected chi connectivity index (χ4v) is 5.43. The van der Waals surface area contributed by atoms with E-state index in [0.717, 1.165) is 17.7 Å². The zero-order chi connectivity index (χ0) is 23.2. The Morgan fingerprint density at radius 3 is 2.26 bits per heavy atom. The number of amides is 4. The van der Waals surface area contributed by atoms with Crippen molar-refractivity contribution in [3.8, 4) is 0 Å². The van der Waals surface area contributed by atoms with E-state index in [-0.39, 0.29) is 10.6 Å². The molecule has 0 spiro atoms. The van der Waals surface area contributed by atoms with E-state index < -0.39 is 40.0 Å². The van der Waals surface area contributed by atoms with Crippen molar-refractivity contribution in [3.05, 3.63) is 24.3 Å². The Morgan fingerprint density at radius 1 is 1.10 bits per heavy atom. The maximum absolute atomic E-state index is 12.9. The zero-order valence-corrected chi connectivity index (χ0v) is 19.4. The highest BCUT2D eigenvalue weighted by atomic mass is 32.2. The summed E-state index contributed by atoms with van der Waals surface area (Å²) >= 11 is 0. The molecule has 172 valence electrons. The number of urea groups is 1. The topological polar surface area (TPSA) is 116 Å². The molecule has 0 bridgehead atoms. The lowest BCUT2D eigenvalue weighted by molar-refractivity contribution is -0.134. The molecule has 9 nitrogen and oxygen atoms in total. The lowest BCUT2D eigenvalue weighted by Gasteiger charge is -2.25. The normalized spacial score (nSPS) is 16.0. The van der Waals surface area contributed by atoms with Crippen molar-refractivity contribution in [1.82, 2.24) is 14.5 Å². The molecule has 0 aromatic heterocycles. The van der Waals surface area contributed by atoms with Crippen LogP contribution in [0.1, 0.15) is 53.4 Å². The van der Waals surface area contributed by atoms with Crippen molar-refractivity contribution in [2.45, 2.75) is 63.8 Å². The second-order valence-electron chi connectivity index (χ2n) is 7.57. The predicted molar refractivity (Wildman–Crippen MR) is 118 cm³/mol. The second kappa shape index (κ2) is 10.2. The minimum Gasteiger partial charge on any atom is -0.324 e. The molecule has 2 N–H and O–H groups in total. The third kappa shape index (κ3) is 5.24. The average Bonchev–Trinajstić information content (AvgIpc) is 2.93. The smallest absolute Gasteiger partial charge is 0.324 e. The van der Waals surface area contributed by atoms with Gasteiger partial charge in [-0.05, 0) is 31.0 Å². The summed E-state index contributed by atoms with van der Waals surface area (Å²) in [5.41, 5.74) is -0.683. The molecule has 1 aliphatic rings. The Kier molecular flexibility index (Phi) is 8.19. The van der Waals surface area contributed by atoms with Crippen molar-refractivity contribution in [1.29, 1.82) is 0 Å². The number of benzene rings is 1. The fourth-order valence-electron chi connectivity index (χ4n) is 3.93. The SMILES string of the molecule is CCCC1(CCC)NC(=O)N(CC(=O)Nc2cccc(S(=O)(=O)N(CC)CC)c2)C1=O. The summed E-state index contributed by atoms with van der Waals surface area (Å²) in [5, 5.41) is 5.36. The molecular weight excluding hydrogens is 420 g/mol. The van der Waals surface area contributed by atoms with Crippen LogP contribution in [0.2, 0.25) is 0 Å².